The van der Waals surface area contributed by atoms with Gasteiger partial charge in [-0.15, -0.1) is 11.6 Å². The molecule has 0 aliphatic rings. The highest BCUT2D eigenvalue weighted by Gasteiger charge is 2.10. The van der Waals surface area contributed by atoms with Crippen LogP contribution in [0.25, 0.3) is 0 Å². The highest BCUT2D eigenvalue weighted by atomic mass is 35.5. The molecule has 3 nitrogen and oxygen atoms in total. The van der Waals surface area contributed by atoms with Crippen LogP contribution >= 0.6 is 11.6 Å². The van der Waals surface area contributed by atoms with E-state index in [1.165, 1.54) is 11.4 Å². The molecule has 0 fully saturated rings. The highest BCUT2D eigenvalue weighted by Crippen LogP contribution is 2.09. The summed E-state index contributed by atoms with van der Waals surface area (Å²) >= 11 is 5.84. The van der Waals surface area contributed by atoms with Crippen LogP contribution in [0.15, 0.2) is 6.07 Å². The van der Waals surface area contributed by atoms with Crippen molar-refractivity contribution < 1.29 is 0 Å². The number of aromatic nitrogens is 2. The molecule has 0 unspecified atom stereocenters. The Kier molecular flexibility index (Phi) is 6.60. The molecule has 1 heterocycles. The first-order valence-corrected chi connectivity index (χ1v) is 7.12. The number of nitrogens with zero attached hydrogens (tertiary/aromatic N) is 3. The second-order valence-electron chi connectivity index (χ2n) is 4.26. The summed E-state index contributed by atoms with van der Waals surface area (Å²) in [5, 5.41) is 4.58. The lowest BCUT2D eigenvalue weighted by Crippen LogP contribution is -2.27. The van der Waals surface area contributed by atoms with Gasteiger partial charge in [0.25, 0.3) is 0 Å². The predicted octanol–water partition coefficient (Wildman–Crippen LogP) is 2.92. The van der Waals surface area contributed by atoms with Gasteiger partial charge in [-0.25, -0.2) is 0 Å². The van der Waals surface area contributed by atoms with E-state index >= 15 is 0 Å². The van der Waals surface area contributed by atoms with E-state index in [1.807, 2.05) is 0 Å². The number of hydrogen-bond donors (Lipinski definition) is 0. The molecular weight excluding hydrogens is 234 g/mol. The quantitative estimate of drug-likeness (QED) is 0.668. The Morgan fingerprint density at radius 3 is 2.59 bits per heavy atom. The molecular formula is C13H24ClN3. The zero-order valence-corrected chi connectivity index (χ0v) is 12.0. The largest absolute Gasteiger partial charge is 0.296 e. The highest BCUT2D eigenvalue weighted by molar-refractivity contribution is 6.18. The lowest BCUT2D eigenvalue weighted by Gasteiger charge is -2.20. The average molecular weight is 258 g/mol. The predicted molar refractivity (Wildman–Crippen MR) is 73.6 cm³/mol. The molecule has 0 saturated heterocycles. The normalized spacial score (nSPS) is 11.4. The fraction of sp³-hybridized carbons (Fsp3) is 0.769. The summed E-state index contributed by atoms with van der Waals surface area (Å²) in [5.74, 6) is 0.695. The topological polar surface area (TPSA) is 21.1 Å². The van der Waals surface area contributed by atoms with Gasteiger partial charge in [0.1, 0.15) is 0 Å². The minimum absolute atomic E-state index is 0.695. The van der Waals surface area contributed by atoms with E-state index in [4.69, 9.17) is 11.6 Å². The Labute approximate surface area is 110 Å². The molecule has 1 aromatic rings. The SMILES string of the molecule is CCCN(CCCl)Cc1cc(CC)nn1CC. The number of halogens is 1. The summed E-state index contributed by atoms with van der Waals surface area (Å²) in [4.78, 5) is 2.40. The van der Waals surface area contributed by atoms with Crippen LogP contribution in [0.5, 0.6) is 0 Å². The van der Waals surface area contributed by atoms with Gasteiger partial charge < -0.3 is 0 Å². The maximum absolute atomic E-state index is 5.84. The average Bonchev–Trinajstić information content (AvgIpc) is 2.72. The third-order valence-corrected chi connectivity index (χ3v) is 3.07. The molecule has 0 atom stereocenters. The minimum Gasteiger partial charge on any atom is -0.296 e. The first-order chi connectivity index (χ1) is 8.24. The van der Waals surface area contributed by atoms with Crippen LogP contribution in [0.3, 0.4) is 0 Å². The molecule has 1 rings (SSSR count). The number of hydrogen-bond acceptors (Lipinski definition) is 2. The van der Waals surface area contributed by atoms with Crippen molar-refractivity contribution in [3.63, 3.8) is 0 Å². The van der Waals surface area contributed by atoms with Crippen molar-refractivity contribution in [3.05, 3.63) is 17.5 Å². The first-order valence-electron chi connectivity index (χ1n) is 6.59. The van der Waals surface area contributed by atoms with E-state index in [0.29, 0.717) is 5.88 Å². The summed E-state index contributed by atoms with van der Waals surface area (Å²) < 4.78 is 2.11. The molecule has 0 amide bonds. The Morgan fingerprint density at radius 2 is 2.06 bits per heavy atom. The molecule has 1 aromatic heterocycles. The van der Waals surface area contributed by atoms with Gasteiger partial charge in [0, 0.05) is 25.5 Å². The smallest absolute Gasteiger partial charge is 0.0625 e. The third kappa shape index (κ3) is 4.32. The van der Waals surface area contributed by atoms with E-state index < -0.39 is 0 Å². The zero-order valence-electron chi connectivity index (χ0n) is 11.2. The Morgan fingerprint density at radius 1 is 1.29 bits per heavy atom. The molecule has 0 aliphatic carbocycles. The van der Waals surface area contributed by atoms with Crippen LogP contribution in [0.1, 0.15) is 38.6 Å². The van der Waals surface area contributed by atoms with Gasteiger partial charge in [0.15, 0.2) is 0 Å². The standard InChI is InChI=1S/C13H24ClN3/c1-4-8-16(9-7-14)11-13-10-12(5-2)15-17(13)6-3/h10H,4-9,11H2,1-3H3. The fourth-order valence-electron chi connectivity index (χ4n) is 2.02. The second kappa shape index (κ2) is 7.72. The van der Waals surface area contributed by atoms with Gasteiger partial charge >= 0.3 is 0 Å². The molecule has 0 bridgehead atoms. The molecule has 0 aromatic carbocycles. The Bertz CT molecular complexity index is 316. The van der Waals surface area contributed by atoms with Gasteiger partial charge in [-0.1, -0.05) is 13.8 Å². The summed E-state index contributed by atoms with van der Waals surface area (Å²) in [6.07, 6.45) is 2.17. The van der Waals surface area contributed by atoms with E-state index in [2.05, 4.69) is 41.5 Å². The maximum atomic E-state index is 5.84. The van der Waals surface area contributed by atoms with Crippen LogP contribution in [0.2, 0.25) is 0 Å². The molecule has 98 valence electrons. The number of aryl methyl sites for hydroxylation is 2. The second-order valence-corrected chi connectivity index (χ2v) is 4.64. The van der Waals surface area contributed by atoms with Crippen LogP contribution < -0.4 is 0 Å². The summed E-state index contributed by atoms with van der Waals surface area (Å²) in [6, 6.07) is 2.22. The number of alkyl halides is 1. The molecule has 0 N–H and O–H groups in total. The van der Waals surface area contributed by atoms with E-state index in [9.17, 15) is 0 Å². The van der Waals surface area contributed by atoms with Crippen molar-refractivity contribution >= 4 is 11.6 Å². The monoisotopic (exact) mass is 257 g/mol. The van der Waals surface area contributed by atoms with Gasteiger partial charge in [-0.3, -0.25) is 9.58 Å². The molecule has 0 aliphatic heterocycles. The van der Waals surface area contributed by atoms with E-state index in [0.717, 1.165) is 39.0 Å². The maximum Gasteiger partial charge on any atom is 0.0625 e. The molecule has 17 heavy (non-hydrogen) atoms. The fourth-order valence-corrected chi connectivity index (χ4v) is 2.26. The molecule has 0 spiro atoms. The van der Waals surface area contributed by atoms with Crippen LogP contribution in [-0.2, 0) is 19.5 Å². The summed E-state index contributed by atoms with van der Waals surface area (Å²) in [5.41, 5.74) is 2.49. The molecule has 4 heteroatoms. The Hall–Kier alpha value is -0.540. The van der Waals surface area contributed by atoms with Gasteiger partial charge in [0.2, 0.25) is 0 Å². The third-order valence-electron chi connectivity index (χ3n) is 2.90. The lowest BCUT2D eigenvalue weighted by atomic mass is 10.3. The first kappa shape index (κ1) is 14.5. The Balaban J connectivity index is 2.72. The van der Waals surface area contributed by atoms with Gasteiger partial charge in [-0.2, -0.15) is 5.10 Å². The summed E-state index contributed by atoms with van der Waals surface area (Å²) in [7, 11) is 0. The van der Waals surface area contributed by atoms with Crippen LogP contribution in [0.4, 0.5) is 0 Å². The van der Waals surface area contributed by atoms with Crippen LogP contribution in [0, 0.1) is 0 Å². The molecule has 0 saturated carbocycles. The van der Waals surface area contributed by atoms with Gasteiger partial charge in [-0.05, 0) is 32.4 Å². The van der Waals surface area contributed by atoms with E-state index in [-0.39, 0.29) is 0 Å². The summed E-state index contributed by atoms with van der Waals surface area (Å²) in [6.45, 7) is 10.4. The van der Waals surface area contributed by atoms with Crippen molar-refractivity contribution in [1.29, 1.82) is 0 Å². The number of rotatable bonds is 8. The van der Waals surface area contributed by atoms with E-state index in [1.54, 1.807) is 0 Å². The van der Waals surface area contributed by atoms with Crippen molar-refractivity contribution in [2.24, 2.45) is 0 Å². The van der Waals surface area contributed by atoms with Crippen molar-refractivity contribution in [3.8, 4) is 0 Å². The molecule has 0 radical (unpaired) electrons. The van der Waals surface area contributed by atoms with Crippen molar-refractivity contribution in [1.82, 2.24) is 14.7 Å². The van der Waals surface area contributed by atoms with Crippen LogP contribution in [-0.4, -0.2) is 33.6 Å². The van der Waals surface area contributed by atoms with Crippen molar-refractivity contribution in [2.75, 3.05) is 19.0 Å². The minimum atomic E-state index is 0.695. The van der Waals surface area contributed by atoms with Crippen molar-refractivity contribution in [2.45, 2.75) is 46.7 Å². The van der Waals surface area contributed by atoms with Gasteiger partial charge in [0.05, 0.1) is 11.4 Å². The lowest BCUT2D eigenvalue weighted by molar-refractivity contribution is 0.273. The zero-order chi connectivity index (χ0) is 12.7.